The molecule has 29 heavy (non-hydrogen) atoms. The van der Waals surface area contributed by atoms with Crippen LogP contribution in [0.25, 0.3) is 22.3 Å². The highest BCUT2D eigenvalue weighted by molar-refractivity contribution is 5.89. The Bertz CT molecular complexity index is 980. The number of benzene rings is 1. The molecule has 1 unspecified atom stereocenters. The molecular formula is C23H28N6. The van der Waals surface area contributed by atoms with Crippen LogP contribution in [0.15, 0.2) is 42.7 Å². The maximum absolute atomic E-state index is 5.90. The normalized spacial score (nSPS) is 19.8. The molecule has 2 aromatic heterocycles. The Morgan fingerprint density at radius 3 is 2.48 bits per heavy atom. The summed E-state index contributed by atoms with van der Waals surface area (Å²) in [7, 11) is 0. The number of rotatable bonds is 4. The van der Waals surface area contributed by atoms with E-state index in [-0.39, 0.29) is 0 Å². The van der Waals surface area contributed by atoms with Gasteiger partial charge in [0.1, 0.15) is 5.52 Å². The fourth-order valence-electron chi connectivity index (χ4n) is 4.54. The van der Waals surface area contributed by atoms with Gasteiger partial charge in [-0.15, -0.1) is 0 Å². The Kier molecular flexibility index (Phi) is 5.02. The zero-order valence-corrected chi connectivity index (χ0v) is 16.8. The summed E-state index contributed by atoms with van der Waals surface area (Å²) in [6, 6.07) is 10.9. The number of nitrogens with two attached hydrogens (primary N) is 1. The number of hydrogen-bond donors (Lipinski definition) is 1. The molecule has 4 heterocycles. The first-order valence-electron chi connectivity index (χ1n) is 10.7. The van der Waals surface area contributed by atoms with E-state index in [1.54, 1.807) is 12.4 Å². The summed E-state index contributed by atoms with van der Waals surface area (Å²) >= 11 is 0. The van der Waals surface area contributed by atoms with Crippen molar-refractivity contribution < 1.29 is 0 Å². The van der Waals surface area contributed by atoms with Gasteiger partial charge in [0.05, 0.1) is 11.2 Å². The SMILES string of the molecule is NCC1CCN(c2nc(-c3ccc(N4CCCCC4)cc3)cc3nccnc23)C1. The molecule has 0 saturated carbocycles. The minimum atomic E-state index is 0.524. The van der Waals surface area contributed by atoms with E-state index in [1.807, 2.05) is 0 Å². The van der Waals surface area contributed by atoms with Crippen molar-refractivity contribution in [1.82, 2.24) is 15.0 Å². The van der Waals surface area contributed by atoms with Crippen LogP contribution in [0, 0.1) is 5.92 Å². The van der Waals surface area contributed by atoms with E-state index in [4.69, 9.17) is 10.7 Å². The van der Waals surface area contributed by atoms with E-state index in [9.17, 15) is 0 Å². The minimum absolute atomic E-state index is 0.524. The second-order valence-electron chi connectivity index (χ2n) is 8.19. The predicted molar refractivity (Wildman–Crippen MR) is 118 cm³/mol. The van der Waals surface area contributed by atoms with E-state index in [1.165, 1.54) is 24.9 Å². The van der Waals surface area contributed by atoms with Gasteiger partial charge in [0.25, 0.3) is 0 Å². The first-order valence-corrected chi connectivity index (χ1v) is 10.7. The summed E-state index contributed by atoms with van der Waals surface area (Å²) < 4.78 is 0. The van der Waals surface area contributed by atoms with E-state index in [0.29, 0.717) is 5.92 Å². The molecule has 5 rings (SSSR count). The molecule has 2 N–H and O–H groups in total. The van der Waals surface area contributed by atoms with Crippen molar-refractivity contribution in [3.8, 4) is 11.3 Å². The summed E-state index contributed by atoms with van der Waals surface area (Å²) in [5.41, 5.74) is 11.0. The third-order valence-corrected chi connectivity index (χ3v) is 6.24. The molecule has 3 aromatic rings. The summed E-state index contributed by atoms with van der Waals surface area (Å²) in [5, 5.41) is 0. The van der Waals surface area contributed by atoms with Crippen molar-refractivity contribution in [3.05, 3.63) is 42.7 Å². The molecule has 2 aliphatic rings. The lowest BCUT2D eigenvalue weighted by Crippen LogP contribution is -2.29. The molecule has 0 aliphatic carbocycles. The Balaban J connectivity index is 1.50. The average molecular weight is 389 g/mol. The molecule has 2 saturated heterocycles. The quantitative estimate of drug-likeness (QED) is 0.738. The number of hydrogen-bond acceptors (Lipinski definition) is 6. The summed E-state index contributed by atoms with van der Waals surface area (Å²) in [4.78, 5) is 19.0. The van der Waals surface area contributed by atoms with Crippen LogP contribution in [0.5, 0.6) is 0 Å². The van der Waals surface area contributed by atoms with Gasteiger partial charge < -0.3 is 15.5 Å². The second kappa shape index (κ2) is 7.95. The van der Waals surface area contributed by atoms with E-state index < -0.39 is 0 Å². The van der Waals surface area contributed by atoms with Crippen molar-refractivity contribution in [2.75, 3.05) is 42.5 Å². The number of aromatic nitrogens is 3. The van der Waals surface area contributed by atoms with Crippen molar-refractivity contribution in [1.29, 1.82) is 0 Å². The van der Waals surface area contributed by atoms with Gasteiger partial charge in [-0.2, -0.15) is 0 Å². The van der Waals surface area contributed by atoms with Crippen LogP contribution in [0.4, 0.5) is 11.5 Å². The first-order chi connectivity index (χ1) is 14.3. The molecule has 2 fully saturated rings. The molecule has 0 amide bonds. The van der Waals surface area contributed by atoms with E-state index >= 15 is 0 Å². The van der Waals surface area contributed by atoms with Crippen LogP contribution in [-0.2, 0) is 0 Å². The van der Waals surface area contributed by atoms with Gasteiger partial charge in [-0.25, -0.2) is 9.97 Å². The molecular weight excluding hydrogens is 360 g/mol. The average Bonchev–Trinajstić information content (AvgIpc) is 3.28. The molecule has 6 nitrogen and oxygen atoms in total. The van der Waals surface area contributed by atoms with Gasteiger partial charge in [-0.1, -0.05) is 12.1 Å². The lowest BCUT2D eigenvalue weighted by molar-refractivity contribution is 0.578. The summed E-state index contributed by atoms with van der Waals surface area (Å²) in [5.74, 6) is 1.46. The van der Waals surface area contributed by atoms with Crippen LogP contribution in [-0.4, -0.2) is 47.7 Å². The van der Waals surface area contributed by atoms with Gasteiger partial charge in [-0.3, -0.25) is 4.98 Å². The smallest absolute Gasteiger partial charge is 0.157 e. The standard InChI is InChI=1S/C23H28N6/c24-15-17-8-13-29(16-17)23-22-21(25-9-10-26-22)14-20(27-23)18-4-6-19(7-5-18)28-11-2-1-3-12-28/h4-7,9-10,14,17H,1-3,8,11-13,15-16,24H2. The number of nitrogens with zero attached hydrogens (tertiary/aromatic N) is 5. The molecule has 2 aliphatic heterocycles. The zero-order valence-electron chi connectivity index (χ0n) is 16.8. The Hall–Kier alpha value is -2.73. The predicted octanol–water partition coefficient (Wildman–Crippen LogP) is 3.47. The topological polar surface area (TPSA) is 71.2 Å². The monoisotopic (exact) mass is 388 g/mol. The Morgan fingerprint density at radius 2 is 1.72 bits per heavy atom. The number of fused-ring (bicyclic) bond motifs is 1. The summed E-state index contributed by atoms with van der Waals surface area (Å²) in [6.45, 7) is 4.94. The number of piperidine rings is 1. The summed E-state index contributed by atoms with van der Waals surface area (Å²) in [6.07, 6.45) is 8.53. The van der Waals surface area contributed by atoms with Crippen molar-refractivity contribution in [3.63, 3.8) is 0 Å². The lowest BCUT2D eigenvalue weighted by Gasteiger charge is -2.28. The molecule has 0 spiro atoms. The fourth-order valence-corrected chi connectivity index (χ4v) is 4.54. The van der Waals surface area contributed by atoms with Crippen molar-refractivity contribution in [2.24, 2.45) is 11.7 Å². The van der Waals surface area contributed by atoms with Crippen molar-refractivity contribution >= 4 is 22.5 Å². The lowest BCUT2D eigenvalue weighted by atomic mass is 10.1. The largest absolute Gasteiger partial charge is 0.372 e. The first kappa shape index (κ1) is 18.3. The Labute approximate surface area is 171 Å². The van der Waals surface area contributed by atoms with Crippen LogP contribution in [0.1, 0.15) is 25.7 Å². The van der Waals surface area contributed by atoms with Gasteiger partial charge >= 0.3 is 0 Å². The highest BCUT2D eigenvalue weighted by atomic mass is 15.2. The maximum atomic E-state index is 5.90. The molecule has 0 radical (unpaired) electrons. The molecule has 1 atom stereocenters. The van der Waals surface area contributed by atoms with Gasteiger partial charge in [-0.05, 0) is 56.3 Å². The van der Waals surface area contributed by atoms with E-state index in [0.717, 1.165) is 67.3 Å². The van der Waals surface area contributed by atoms with Gasteiger partial charge in [0, 0.05) is 49.8 Å². The number of anilines is 2. The van der Waals surface area contributed by atoms with Gasteiger partial charge in [0.15, 0.2) is 5.82 Å². The third kappa shape index (κ3) is 3.65. The van der Waals surface area contributed by atoms with Crippen LogP contribution < -0.4 is 15.5 Å². The number of pyridine rings is 1. The van der Waals surface area contributed by atoms with Crippen LogP contribution in [0.3, 0.4) is 0 Å². The highest BCUT2D eigenvalue weighted by Crippen LogP contribution is 2.31. The zero-order chi connectivity index (χ0) is 19.6. The fraction of sp³-hybridized carbons (Fsp3) is 0.435. The minimum Gasteiger partial charge on any atom is -0.372 e. The molecule has 6 heteroatoms. The van der Waals surface area contributed by atoms with Crippen LogP contribution in [0.2, 0.25) is 0 Å². The Morgan fingerprint density at radius 1 is 0.931 bits per heavy atom. The second-order valence-corrected chi connectivity index (χ2v) is 8.19. The van der Waals surface area contributed by atoms with E-state index in [2.05, 4.69) is 50.1 Å². The molecule has 1 aromatic carbocycles. The molecule has 0 bridgehead atoms. The third-order valence-electron chi connectivity index (χ3n) is 6.24. The highest BCUT2D eigenvalue weighted by Gasteiger charge is 2.25. The van der Waals surface area contributed by atoms with Gasteiger partial charge in [0.2, 0.25) is 0 Å². The van der Waals surface area contributed by atoms with Crippen LogP contribution >= 0.6 is 0 Å². The molecule has 150 valence electrons. The van der Waals surface area contributed by atoms with Crippen molar-refractivity contribution in [2.45, 2.75) is 25.7 Å². The maximum Gasteiger partial charge on any atom is 0.157 e.